The number of fused-ring (bicyclic) bond motifs is 1. The fourth-order valence-corrected chi connectivity index (χ4v) is 3.26. The van der Waals surface area contributed by atoms with E-state index < -0.39 is 0 Å². The average Bonchev–Trinajstić information content (AvgIpc) is 2.37. The Morgan fingerprint density at radius 1 is 1.56 bits per heavy atom. The van der Waals surface area contributed by atoms with Crippen molar-refractivity contribution in [3.05, 3.63) is 30.9 Å². The van der Waals surface area contributed by atoms with Gasteiger partial charge >= 0.3 is 0 Å². The maximum Gasteiger partial charge on any atom is 0.240 e. The number of nitrogen functional groups attached to an aromatic ring is 1. The number of carbonyl (C=O) groups is 1. The lowest BCUT2D eigenvalue weighted by Gasteiger charge is -2.33. The van der Waals surface area contributed by atoms with Crippen LogP contribution in [-0.4, -0.2) is 17.7 Å². The van der Waals surface area contributed by atoms with E-state index in [4.69, 9.17) is 5.73 Å². The van der Waals surface area contributed by atoms with Crippen molar-refractivity contribution in [3.63, 3.8) is 0 Å². The van der Waals surface area contributed by atoms with Gasteiger partial charge in [-0.1, -0.05) is 13.0 Å². The molecule has 0 radical (unpaired) electrons. The lowest BCUT2D eigenvalue weighted by Crippen LogP contribution is -2.41. The number of amides is 1. The van der Waals surface area contributed by atoms with Gasteiger partial charge in [0.15, 0.2) is 0 Å². The Morgan fingerprint density at radius 2 is 2.33 bits per heavy atom. The molecule has 1 aliphatic rings. The van der Waals surface area contributed by atoms with Crippen molar-refractivity contribution >= 4 is 29.0 Å². The lowest BCUT2D eigenvalue weighted by atomic mass is 10.2. The van der Waals surface area contributed by atoms with Gasteiger partial charge in [-0.2, -0.15) is 0 Å². The number of rotatable bonds is 4. The van der Waals surface area contributed by atoms with Crippen LogP contribution in [-0.2, 0) is 4.79 Å². The minimum Gasteiger partial charge on any atom is -0.399 e. The summed E-state index contributed by atoms with van der Waals surface area (Å²) in [6.45, 7) is 6.45. The molecule has 2 rings (SSSR count). The first kappa shape index (κ1) is 13.0. The van der Waals surface area contributed by atoms with Gasteiger partial charge in [-0.3, -0.25) is 4.79 Å². The summed E-state index contributed by atoms with van der Waals surface area (Å²) in [4.78, 5) is 15.3. The zero-order chi connectivity index (χ0) is 13.1. The van der Waals surface area contributed by atoms with E-state index in [-0.39, 0.29) is 11.2 Å². The smallest absolute Gasteiger partial charge is 0.240 e. The van der Waals surface area contributed by atoms with Gasteiger partial charge in [-0.15, -0.1) is 18.3 Å². The first-order valence-corrected chi connectivity index (χ1v) is 7.03. The Bertz CT molecular complexity index is 473. The van der Waals surface area contributed by atoms with Gasteiger partial charge in [0, 0.05) is 17.1 Å². The van der Waals surface area contributed by atoms with Crippen molar-refractivity contribution in [1.82, 2.24) is 0 Å². The molecule has 1 aromatic rings. The fraction of sp³-hybridized carbons (Fsp3) is 0.357. The van der Waals surface area contributed by atoms with Crippen molar-refractivity contribution in [2.45, 2.75) is 29.9 Å². The molecule has 1 amide bonds. The molecule has 0 aromatic heterocycles. The van der Waals surface area contributed by atoms with Crippen molar-refractivity contribution in [2.24, 2.45) is 0 Å². The van der Waals surface area contributed by atoms with Crippen LogP contribution < -0.4 is 10.6 Å². The number of carbonyl (C=O) groups excluding carboxylic acids is 1. The second kappa shape index (κ2) is 5.48. The van der Waals surface area contributed by atoms with Crippen LogP contribution in [0.4, 0.5) is 11.4 Å². The van der Waals surface area contributed by atoms with Crippen LogP contribution in [0.3, 0.4) is 0 Å². The predicted molar refractivity (Wildman–Crippen MR) is 78.0 cm³/mol. The van der Waals surface area contributed by atoms with E-state index in [0.29, 0.717) is 6.54 Å². The summed E-state index contributed by atoms with van der Waals surface area (Å²) in [5.74, 6) is 0.196. The second-order valence-corrected chi connectivity index (χ2v) is 5.55. The molecule has 0 saturated heterocycles. The monoisotopic (exact) mass is 262 g/mol. The number of benzene rings is 1. The summed E-state index contributed by atoms with van der Waals surface area (Å²) in [7, 11) is 0. The molecule has 0 bridgehead atoms. The van der Waals surface area contributed by atoms with Crippen LogP contribution >= 0.6 is 11.8 Å². The van der Waals surface area contributed by atoms with E-state index in [0.717, 1.165) is 29.1 Å². The molecule has 0 aliphatic carbocycles. The zero-order valence-electron chi connectivity index (χ0n) is 10.6. The maximum atomic E-state index is 12.3. The van der Waals surface area contributed by atoms with E-state index in [1.165, 1.54) is 0 Å². The largest absolute Gasteiger partial charge is 0.399 e. The normalized spacial score (nSPS) is 18.6. The summed E-state index contributed by atoms with van der Waals surface area (Å²) in [6.07, 6.45) is 3.48. The van der Waals surface area contributed by atoms with Gasteiger partial charge in [0.1, 0.15) is 0 Å². The summed E-state index contributed by atoms with van der Waals surface area (Å²) in [5, 5.41) is 0.00381. The van der Waals surface area contributed by atoms with Crippen LogP contribution in [0.15, 0.2) is 35.7 Å². The number of hydrogen-bond acceptors (Lipinski definition) is 3. The van der Waals surface area contributed by atoms with E-state index in [2.05, 4.69) is 6.58 Å². The van der Waals surface area contributed by atoms with Crippen LogP contribution in [0.2, 0.25) is 0 Å². The maximum absolute atomic E-state index is 12.3. The molecule has 2 N–H and O–H groups in total. The first-order chi connectivity index (χ1) is 8.67. The van der Waals surface area contributed by atoms with Gasteiger partial charge in [0.05, 0.1) is 10.9 Å². The Kier molecular flexibility index (Phi) is 3.97. The number of nitrogens with zero attached hydrogens (tertiary/aromatic N) is 1. The summed E-state index contributed by atoms with van der Waals surface area (Å²) in [5.41, 5.74) is 7.54. The van der Waals surface area contributed by atoms with Crippen molar-refractivity contribution < 1.29 is 4.79 Å². The third-order valence-corrected chi connectivity index (χ3v) is 4.41. The topological polar surface area (TPSA) is 46.3 Å². The molecule has 1 atom stereocenters. The number of hydrogen-bond donors (Lipinski definition) is 1. The Morgan fingerprint density at radius 3 is 3.00 bits per heavy atom. The minimum absolute atomic E-state index is 0.00381. The lowest BCUT2D eigenvalue weighted by molar-refractivity contribution is -0.118. The molecule has 4 heteroatoms. The van der Waals surface area contributed by atoms with Crippen LogP contribution in [0.1, 0.15) is 19.8 Å². The first-order valence-electron chi connectivity index (χ1n) is 6.15. The van der Waals surface area contributed by atoms with Gasteiger partial charge in [0.25, 0.3) is 0 Å². The summed E-state index contributed by atoms with van der Waals surface area (Å²) in [6, 6.07) is 5.74. The fourth-order valence-electron chi connectivity index (χ4n) is 2.05. The highest BCUT2D eigenvalue weighted by Crippen LogP contribution is 2.41. The molecule has 1 heterocycles. The number of anilines is 2. The zero-order valence-corrected chi connectivity index (χ0v) is 11.4. The highest BCUT2D eigenvalue weighted by molar-refractivity contribution is 8.01. The third-order valence-electron chi connectivity index (χ3n) is 3.01. The highest BCUT2D eigenvalue weighted by atomic mass is 32.2. The number of nitrogens with two attached hydrogens (primary N) is 1. The van der Waals surface area contributed by atoms with Gasteiger partial charge in [-0.25, -0.2) is 0 Å². The minimum atomic E-state index is 0.00381. The molecule has 96 valence electrons. The average molecular weight is 262 g/mol. The molecule has 1 unspecified atom stereocenters. The van der Waals surface area contributed by atoms with Crippen LogP contribution in [0.25, 0.3) is 0 Å². The molecule has 3 nitrogen and oxygen atoms in total. The molecule has 1 aromatic carbocycles. The third kappa shape index (κ3) is 2.38. The van der Waals surface area contributed by atoms with Crippen LogP contribution in [0, 0.1) is 0 Å². The van der Waals surface area contributed by atoms with Gasteiger partial charge in [0.2, 0.25) is 5.91 Å². The summed E-state index contributed by atoms with van der Waals surface area (Å²) < 4.78 is 0. The molecular weight excluding hydrogens is 244 g/mol. The molecule has 0 fully saturated rings. The molecule has 1 aliphatic heterocycles. The molecule has 0 spiro atoms. The Balaban J connectivity index is 2.38. The van der Waals surface area contributed by atoms with Crippen molar-refractivity contribution in [3.8, 4) is 0 Å². The second-order valence-electron chi connectivity index (χ2n) is 4.31. The predicted octanol–water partition coefficient (Wildman–Crippen LogP) is 3.06. The highest BCUT2D eigenvalue weighted by Gasteiger charge is 2.31. The standard InChI is InChI=1S/C14H18N2OS/c1-3-5-8-16-11-7-6-10(15)9-13(11)18-12(4-2)14(16)17/h3,6-7,9,12H,1,4-5,8,15H2,2H3. The molecule has 0 saturated carbocycles. The van der Waals surface area contributed by atoms with E-state index in [9.17, 15) is 4.79 Å². The van der Waals surface area contributed by atoms with E-state index in [1.54, 1.807) is 11.8 Å². The van der Waals surface area contributed by atoms with Crippen LogP contribution in [0.5, 0.6) is 0 Å². The van der Waals surface area contributed by atoms with E-state index in [1.807, 2.05) is 36.1 Å². The SMILES string of the molecule is C=CCCN1C(=O)C(CC)Sc2cc(N)ccc21. The van der Waals surface area contributed by atoms with E-state index >= 15 is 0 Å². The quantitative estimate of drug-likeness (QED) is 0.670. The molecule has 18 heavy (non-hydrogen) atoms. The summed E-state index contributed by atoms with van der Waals surface area (Å²) >= 11 is 1.62. The number of thioether (sulfide) groups is 1. The van der Waals surface area contributed by atoms with Gasteiger partial charge in [-0.05, 0) is 31.0 Å². The Labute approximate surface area is 112 Å². The van der Waals surface area contributed by atoms with Crippen molar-refractivity contribution in [1.29, 1.82) is 0 Å². The Hall–Kier alpha value is -1.42. The van der Waals surface area contributed by atoms with Gasteiger partial charge < -0.3 is 10.6 Å². The van der Waals surface area contributed by atoms with Crippen molar-refractivity contribution in [2.75, 3.05) is 17.2 Å². The molecular formula is C14H18N2OS.